The predicted octanol–water partition coefficient (Wildman–Crippen LogP) is 1.58. The lowest BCUT2D eigenvalue weighted by atomic mass is 10.1. The highest BCUT2D eigenvalue weighted by Gasteiger charge is 2.13. The zero-order chi connectivity index (χ0) is 13.7. The number of nitrogens with one attached hydrogen (secondary N) is 1. The van der Waals surface area contributed by atoms with Gasteiger partial charge in [0, 0.05) is 24.8 Å². The normalized spacial score (nSPS) is 12.4. The fourth-order valence-corrected chi connectivity index (χ4v) is 1.64. The van der Waals surface area contributed by atoms with Gasteiger partial charge in [0.2, 0.25) is 0 Å². The molecule has 100 valence electrons. The Morgan fingerprint density at radius 3 is 2.84 bits per heavy atom. The van der Waals surface area contributed by atoms with Crippen molar-refractivity contribution in [1.29, 1.82) is 0 Å². The third-order valence-corrected chi connectivity index (χ3v) is 2.60. The number of benzene rings is 1. The molecule has 0 aliphatic carbocycles. The largest absolute Gasteiger partial charge is 0.387 e. The highest BCUT2D eigenvalue weighted by Crippen LogP contribution is 2.17. The van der Waals surface area contributed by atoms with Gasteiger partial charge >= 0.3 is 0 Å². The van der Waals surface area contributed by atoms with Crippen LogP contribution in [0.15, 0.2) is 36.8 Å². The second-order valence-corrected chi connectivity index (χ2v) is 4.01. The monoisotopic (exact) mass is 265 g/mol. The molecule has 2 aromatic rings. The maximum Gasteiger partial charge on any atom is 0.129 e. The van der Waals surface area contributed by atoms with Crippen molar-refractivity contribution in [2.24, 2.45) is 0 Å². The van der Waals surface area contributed by atoms with Gasteiger partial charge in [-0.2, -0.15) is 0 Å². The molecule has 1 heterocycles. The fraction of sp³-hybridized carbons (Fsp3) is 0.231. The summed E-state index contributed by atoms with van der Waals surface area (Å²) in [6, 6.07) is 4.73. The van der Waals surface area contributed by atoms with Crippen LogP contribution < -0.4 is 5.32 Å². The van der Waals surface area contributed by atoms with Crippen molar-refractivity contribution in [2.75, 3.05) is 6.54 Å². The van der Waals surface area contributed by atoms with E-state index in [1.165, 1.54) is 6.33 Å². The molecule has 2 N–H and O–H groups in total. The first-order valence-electron chi connectivity index (χ1n) is 5.75. The van der Waals surface area contributed by atoms with Crippen LogP contribution >= 0.6 is 0 Å². The lowest BCUT2D eigenvalue weighted by molar-refractivity contribution is 0.169. The summed E-state index contributed by atoms with van der Waals surface area (Å²) in [4.78, 5) is 7.77. The summed E-state index contributed by atoms with van der Waals surface area (Å²) in [6.45, 7) is 0.515. The van der Waals surface area contributed by atoms with E-state index in [4.69, 9.17) is 0 Å². The Morgan fingerprint density at radius 2 is 2.11 bits per heavy atom. The van der Waals surface area contributed by atoms with Gasteiger partial charge in [0.25, 0.3) is 0 Å². The van der Waals surface area contributed by atoms with Crippen molar-refractivity contribution in [1.82, 2.24) is 15.3 Å². The van der Waals surface area contributed by atoms with Gasteiger partial charge in [-0.1, -0.05) is 0 Å². The molecule has 1 atom stereocenters. The Morgan fingerprint density at radius 1 is 1.26 bits per heavy atom. The van der Waals surface area contributed by atoms with Crippen LogP contribution in [0.1, 0.15) is 17.4 Å². The number of aliphatic hydroxyl groups is 1. The Balaban J connectivity index is 1.91. The molecular weight excluding hydrogens is 252 g/mol. The van der Waals surface area contributed by atoms with Gasteiger partial charge in [0.1, 0.15) is 18.0 Å². The SMILES string of the molecule is OC(CNCc1ccncn1)c1cc(F)ccc1F. The number of hydrogen-bond donors (Lipinski definition) is 2. The first-order valence-corrected chi connectivity index (χ1v) is 5.75. The second kappa shape index (κ2) is 6.31. The first-order chi connectivity index (χ1) is 9.16. The van der Waals surface area contributed by atoms with E-state index in [0.29, 0.717) is 6.54 Å². The maximum atomic E-state index is 13.4. The summed E-state index contributed by atoms with van der Waals surface area (Å²) >= 11 is 0. The molecule has 2 rings (SSSR count). The van der Waals surface area contributed by atoms with Gasteiger partial charge in [-0.05, 0) is 24.3 Å². The van der Waals surface area contributed by atoms with Crippen molar-refractivity contribution < 1.29 is 13.9 Å². The average molecular weight is 265 g/mol. The predicted molar refractivity (Wildman–Crippen MR) is 65.1 cm³/mol. The molecule has 0 bridgehead atoms. The van der Waals surface area contributed by atoms with Crippen molar-refractivity contribution >= 4 is 0 Å². The molecule has 0 saturated carbocycles. The van der Waals surface area contributed by atoms with Crippen molar-refractivity contribution in [3.05, 3.63) is 59.7 Å². The smallest absolute Gasteiger partial charge is 0.129 e. The van der Waals surface area contributed by atoms with E-state index in [2.05, 4.69) is 15.3 Å². The molecule has 0 aliphatic heterocycles. The third kappa shape index (κ3) is 3.77. The molecule has 1 aromatic heterocycles. The van der Waals surface area contributed by atoms with Crippen LogP contribution in [0.5, 0.6) is 0 Å². The van der Waals surface area contributed by atoms with E-state index in [9.17, 15) is 13.9 Å². The quantitative estimate of drug-likeness (QED) is 0.861. The molecule has 0 spiro atoms. The Bertz CT molecular complexity index is 537. The lowest BCUT2D eigenvalue weighted by Gasteiger charge is -2.13. The van der Waals surface area contributed by atoms with E-state index in [1.54, 1.807) is 12.3 Å². The first kappa shape index (κ1) is 13.5. The van der Waals surface area contributed by atoms with Crippen molar-refractivity contribution in [2.45, 2.75) is 12.6 Å². The van der Waals surface area contributed by atoms with Crippen LogP contribution in [0.4, 0.5) is 8.78 Å². The highest BCUT2D eigenvalue weighted by atomic mass is 19.1. The lowest BCUT2D eigenvalue weighted by Crippen LogP contribution is -2.22. The molecular formula is C13H13F2N3O. The van der Waals surface area contributed by atoms with E-state index in [-0.39, 0.29) is 12.1 Å². The van der Waals surface area contributed by atoms with Gasteiger partial charge in [0.05, 0.1) is 11.8 Å². The molecule has 19 heavy (non-hydrogen) atoms. The summed E-state index contributed by atoms with van der Waals surface area (Å²) < 4.78 is 26.4. The second-order valence-electron chi connectivity index (χ2n) is 4.01. The van der Waals surface area contributed by atoms with E-state index in [1.807, 2.05) is 0 Å². The van der Waals surface area contributed by atoms with Crippen molar-refractivity contribution in [3.63, 3.8) is 0 Å². The van der Waals surface area contributed by atoms with Gasteiger partial charge < -0.3 is 10.4 Å². The van der Waals surface area contributed by atoms with Crippen LogP contribution in [0.25, 0.3) is 0 Å². The van der Waals surface area contributed by atoms with Crippen molar-refractivity contribution in [3.8, 4) is 0 Å². The number of nitrogens with zero attached hydrogens (tertiary/aromatic N) is 2. The Kier molecular flexibility index (Phi) is 4.48. The number of aromatic nitrogens is 2. The molecule has 1 unspecified atom stereocenters. The molecule has 1 aromatic carbocycles. The fourth-order valence-electron chi connectivity index (χ4n) is 1.64. The van der Waals surface area contributed by atoms with Crippen LogP contribution in [0, 0.1) is 11.6 Å². The topological polar surface area (TPSA) is 58.0 Å². The third-order valence-electron chi connectivity index (χ3n) is 2.60. The van der Waals surface area contributed by atoms with Gasteiger partial charge in [-0.3, -0.25) is 0 Å². The molecule has 0 amide bonds. The van der Waals surface area contributed by atoms with E-state index in [0.717, 1.165) is 23.9 Å². The summed E-state index contributed by atoms with van der Waals surface area (Å²) in [5, 5.41) is 12.7. The summed E-state index contributed by atoms with van der Waals surface area (Å²) in [6.07, 6.45) is 1.91. The molecule has 0 saturated heterocycles. The zero-order valence-electron chi connectivity index (χ0n) is 10.1. The van der Waals surface area contributed by atoms with Crippen LogP contribution in [0.2, 0.25) is 0 Å². The summed E-state index contributed by atoms with van der Waals surface area (Å²) in [7, 11) is 0. The molecule has 6 heteroatoms. The summed E-state index contributed by atoms with van der Waals surface area (Å²) in [5.74, 6) is -1.20. The maximum absolute atomic E-state index is 13.4. The van der Waals surface area contributed by atoms with E-state index >= 15 is 0 Å². The standard InChI is InChI=1S/C13H13F2N3O/c14-9-1-2-12(15)11(5-9)13(19)7-17-6-10-3-4-16-8-18-10/h1-5,8,13,17,19H,6-7H2. The zero-order valence-corrected chi connectivity index (χ0v) is 10.1. The average Bonchev–Trinajstić information content (AvgIpc) is 2.42. The number of rotatable bonds is 5. The van der Waals surface area contributed by atoms with Crippen LogP contribution in [0.3, 0.4) is 0 Å². The van der Waals surface area contributed by atoms with Gasteiger partial charge in [0.15, 0.2) is 0 Å². The van der Waals surface area contributed by atoms with E-state index < -0.39 is 17.7 Å². The van der Waals surface area contributed by atoms with Crippen LogP contribution in [-0.2, 0) is 6.54 Å². The summed E-state index contributed by atoms with van der Waals surface area (Å²) in [5.41, 5.74) is 0.692. The van der Waals surface area contributed by atoms with Gasteiger partial charge in [-0.25, -0.2) is 18.7 Å². The number of hydrogen-bond acceptors (Lipinski definition) is 4. The van der Waals surface area contributed by atoms with Gasteiger partial charge in [-0.15, -0.1) is 0 Å². The highest BCUT2D eigenvalue weighted by molar-refractivity contribution is 5.21. The molecule has 0 fully saturated rings. The molecule has 4 nitrogen and oxygen atoms in total. The minimum absolute atomic E-state index is 0.0600. The Hall–Kier alpha value is -1.92. The molecule has 0 radical (unpaired) electrons. The Labute approximate surface area is 109 Å². The number of aliphatic hydroxyl groups excluding tert-OH is 1. The number of halogens is 2. The minimum Gasteiger partial charge on any atom is -0.387 e. The molecule has 0 aliphatic rings. The minimum atomic E-state index is -1.11. The van der Waals surface area contributed by atoms with Crippen LogP contribution in [-0.4, -0.2) is 21.6 Å².